The molecule has 2 aromatic rings. The molecule has 0 aromatic heterocycles. The van der Waals surface area contributed by atoms with Crippen molar-refractivity contribution in [1.82, 2.24) is 15.5 Å². The zero-order valence-electron chi connectivity index (χ0n) is 19.5. The summed E-state index contributed by atoms with van der Waals surface area (Å²) in [6.07, 6.45) is 1.78. The number of nitrogens with zero attached hydrogens (tertiary/aromatic N) is 1. The number of carboxylic acids is 1. The van der Waals surface area contributed by atoms with E-state index in [9.17, 15) is 19.2 Å². The SMILES string of the molecule is C[C@H]1C[C@@H]1NC(=O)[C@@H]1CN(C(=O)c2ccc(C(=O)O)cc2)C[C@H]1C(=O)N[C@H]1C[C@@H]1c1ccccc1. The number of hydrogen-bond donors (Lipinski definition) is 3. The molecule has 35 heavy (non-hydrogen) atoms. The lowest BCUT2D eigenvalue weighted by atomic mass is 9.94. The number of carbonyl (C=O) groups excluding carboxylic acids is 3. The maximum Gasteiger partial charge on any atom is 0.335 e. The van der Waals surface area contributed by atoms with Crippen LogP contribution in [0.1, 0.15) is 52.0 Å². The maximum atomic E-state index is 13.3. The highest BCUT2D eigenvalue weighted by atomic mass is 16.4. The van der Waals surface area contributed by atoms with Crippen LogP contribution in [0.4, 0.5) is 0 Å². The van der Waals surface area contributed by atoms with Crippen molar-refractivity contribution >= 4 is 23.7 Å². The van der Waals surface area contributed by atoms with Gasteiger partial charge in [0.1, 0.15) is 0 Å². The Bertz CT molecular complexity index is 1150. The van der Waals surface area contributed by atoms with Gasteiger partial charge >= 0.3 is 5.97 Å². The summed E-state index contributed by atoms with van der Waals surface area (Å²) in [7, 11) is 0. The molecule has 8 heteroatoms. The first-order chi connectivity index (χ1) is 16.8. The summed E-state index contributed by atoms with van der Waals surface area (Å²) in [4.78, 5) is 52.1. The Hall–Kier alpha value is -3.68. The fourth-order valence-electron chi connectivity index (χ4n) is 4.96. The van der Waals surface area contributed by atoms with Crippen molar-refractivity contribution in [2.24, 2.45) is 17.8 Å². The minimum atomic E-state index is -1.07. The van der Waals surface area contributed by atoms with Crippen LogP contribution in [0, 0.1) is 17.8 Å². The molecule has 0 spiro atoms. The van der Waals surface area contributed by atoms with E-state index in [1.54, 1.807) is 0 Å². The third kappa shape index (κ3) is 4.92. The van der Waals surface area contributed by atoms with E-state index in [1.165, 1.54) is 34.7 Å². The smallest absolute Gasteiger partial charge is 0.335 e. The predicted octanol–water partition coefficient (Wildman–Crippen LogP) is 2.27. The van der Waals surface area contributed by atoms with Gasteiger partial charge < -0.3 is 20.6 Å². The lowest BCUT2D eigenvalue weighted by molar-refractivity contribution is -0.133. The summed E-state index contributed by atoms with van der Waals surface area (Å²) < 4.78 is 0. The first-order valence-electron chi connectivity index (χ1n) is 12.1. The van der Waals surface area contributed by atoms with Gasteiger partial charge in [0.15, 0.2) is 0 Å². The molecule has 3 N–H and O–H groups in total. The molecular formula is C27H29N3O5. The van der Waals surface area contributed by atoms with Crippen LogP contribution in [0.25, 0.3) is 0 Å². The number of nitrogens with one attached hydrogen (secondary N) is 2. The van der Waals surface area contributed by atoms with Gasteiger partial charge in [-0.25, -0.2) is 4.79 Å². The summed E-state index contributed by atoms with van der Waals surface area (Å²) >= 11 is 0. The Kier molecular flexibility index (Phi) is 6.05. The van der Waals surface area contributed by atoms with Crippen LogP contribution in [0.15, 0.2) is 54.6 Å². The molecule has 5 rings (SSSR count). The second-order valence-corrected chi connectivity index (χ2v) is 10.0. The van der Waals surface area contributed by atoms with E-state index in [0.717, 1.165) is 12.8 Å². The van der Waals surface area contributed by atoms with E-state index >= 15 is 0 Å². The quantitative estimate of drug-likeness (QED) is 0.568. The van der Waals surface area contributed by atoms with E-state index < -0.39 is 17.8 Å². The fourth-order valence-corrected chi connectivity index (χ4v) is 4.96. The van der Waals surface area contributed by atoms with Crippen molar-refractivity contribution in [2.75, 3.05) is 13.1 Å². The predicted molar refractivity (Wildman–Crippen MR) is 128 cm³/mol. The number of carbonyl (C=O) groups is 4. The van der Waals surface area contributed by atoms with E-state index in [4.69, 9.17) is 5.11 Å². The Morgan fingerprint density at radius 3 is 1.89 bits per heavy atom. The molecule has 1 aliphatic heterocycles. The first-order valence-corrected chi connectivity index (χ1v) is 12.1. The molecule has 0 radical (unpaired) electrons. The maximum absolute atomic E-state index is 13.3. The molecule has 2 aromatic carbocycles. The zero-order chi connectivity index (χ0) is 24.7. The van der Waals surface area contributed by atoms with Crippen LogP contribution in [0.5, 0.6) is 0 Å². The standard InChI is InChI=1S/C27H29N3O5/c1-15-11-22(15)28-24(31)20-13-30(26(33)17-7-9-18(10-8-17)27(34)35)14-21(20)25(32)29-23-12-19(23)16-5-3-2-4-6-16/h2-10,15,19-23H,11-14H2,1H3,(H,28,31)(H,29,32)(H,34,35)/t15-,19+,20+,21+,22-,23-/m0/s1. The molecule has 0 bridgehead atoms. The van der Waals surface area contributed by atoms with Crippen molar-refractivity contribution in [3.8, 4) is 0 Å². The largest absolute Gasteiger partial charge is 0.478 e. The molecule has 3 aliphatic rings. The number of likely N-dealkylation sites (tertiary alicyclic amines) is 1. The van der Waals surface area contributed by atoms with Gasteiger partial charge in [0.2, 0.25) is 11.8 Å². The number of hydrogen-bond acceptors (Lipinski definition) is 4. The minimum Gasteiger partial charge on any atom is -0.478 e. The molecule has 3 amide bonds. The van der Waals surface area contributed by atoms with Crippen molar-refractivity contribution in [1.29, 1.82) is 0 Å². The minimum absolute atomic E-state index is 0.0328. The van der Waals surface area contributed by atoms with Gasteiger partial charge in [-0.1, -0.05) is 37.3 Å². The lowest BCUT2D eigenvalue weighted by Crippen LogP contribution is -2.43. The van der Waals surface area contributed by atoms with E-state index in [1.807, 2.05) is 18.2 Å². The van der Waals surface area contributed by atoms with Gasteiger partial charge in [-0.2, -0.15) is 0 Å². The van der Waals surface area contributed by atoms with E-state index in [2.05, 4.69) is 29.7 Å². The average molecular weight is 476 g/mol. The van der Waals surface area contributed by atoms with Crippen molar-refractivity contribution in [3.05, 3.63) is 71.3 Å². The molecular weight excluding hydrogens is 446 g/mol. The fraction of sp³-hybridized carbons (Fsp3) is 0.407. The topological polar surface area (TPSA) is 116 Å². The monoisotopic (exact) mass is 475 g/mol. The molecule has 2 aliphatic carbocycles. The second kappa shape index (κ2) is 9.17. The number of benzene rings is 2. The van der Waals surface area contributed by atoms with Gasteiger partial charge in [-0.15, -0.1) is 0 Å². The van der Waals surface area contributed by atoms with Crippen LogP contribution >= 0.6 is 0 Å². The highest BCUT2D eigenvalue weighted by Crippen LogP contribution is 2.41. The molecule has 182 valence electrons. The number of amides is 3. The molecule has 2 saturated carbocycles. The molecule has 0 unspecified atom stereocenters. The summed E-state index contributed by atoms with van der Waals surface area (Å²) in [6, 6.07) is 15.9. The summed E-state index contributed by atoms with van der Waals surface area (Å²) in [5, 5.41) is 15.2. The van der Waals surface area contributed by atoms with Crippen LogP contribution < -0.4 is 10.6 Å². The second-order valence-electron chi connectivity index (χ2n) is 10.0. The van der Waals surface area contributed by atoms with E-state index in [-0.39, 0.29) is 54.4 Å². The summed E-state index contributed by atoms with van der Waals surface area (Å²) in [6.45, 7) is 2.36. The lowest BCUT2D eigenvalue weighted by Gasteiger charge is -2.17. The van der Waals surface area contributed by atoms with Crippen molar-refractivity contribution in [2.45, 2.75) is 37.8 Å². The van der Waals surface area contributed by atoms with Gasteiger partial charge in [0, 0.05) is 36.7 Å². The molecule has 1 heterocycles. The Morgan fingerprint density at radius 1 is 0.800 bits per heavy atom. The summed E-state index contributed by atoms with van der Waals surface area (Å²) in [5.74, 6) is -2.34. The van der Waals surface area contributed by atoms with Crippen molar-refractivity contribution in [3.63, 3.8) is 0 Å². The van der Waals surface area contributed by atoms with Gasteiger partial charge in [0.05, 0.1) is 17.4 Å². The highest BCUT2D eigenvalue weighted by molar-refractivity contribution is 5.98. The third-order valence-electron chi connectivity index (χ3n) is 7.44. The van der Waals surface area contributed by atoms with Crippen LogP contribution in [0.2, 0.25) is 0 Å². The zero-order valence-corrected chi connectivity index (χ0v) is 19.5. The number of carboxylic acid groups (broad SMARTS) is 1. The molecule has 6 atom stereocenters. The summed E-state index contributed by atoms with van der Waals surface area (Å²) in [5.41, 5.74) is 1.61. The Balaban J connectivity index is 1.28. The average Bonchev–Trinajstić information content (AvgIpc) is 3.73. The number of aromatic carboxylic acids is 1. The first kappa shape index (κ1) is 23.1. The van der Waals surface area contributed by atoms with Crippen molar-refractivity contribution < 1.29 is 24.3 Å². The van der Waals surface area contributed by atoms with Gasteiger partial charge in [-0.3, -0.25) is 14.4 Å². The van der Waals surface area contributed by atoms with Crippen LogP contribution in [-0.2, 0) is 9.59 Å². The molecule has 8 nitrogen and oxygen atoms in total. The Labute approximate surface area is 203 Å². The molecule has 1 saturated heterocycles. The third-order valence-corrected chi connectivity index (χ3v) is 7.44. The Morgan fingerprint density at radius 2 is 1.34 bits per heavy atom. The van der Waals surface area contributed by atoms with Crippen LogP contribution in [0.3, 0.4) is 0 Å². The van der Waals surface area contributed by atoms with E-state index in [0.29, 0.717) is 11.5 Å². The normalized spacial score (nSPS) is 28.8. The van der Waals surface area contributed by atoms with Crippen LogP contribution in [-0.4, -0.2) is 58.9 Å². The van der Waals surface area contributed by atoms with Gasteiger partial charge in [-0.05, 0) is 48.6 Å². The molecule has 3 fully saturated rings. The van der Waals surface area contributed by atoms with Gasteiger partial charge in [0.25, 0.3) is 5.91 Å². The highest BCUT2D eigenvalue weighted by Gasteiger charge is 2.48. The number of rotatable bonds is 7.